The van der Waals surface area contributed by atoms with Gasteiger partial charge in [-0.05, 0) is 24.7 Å². The fourth-order valence-corrected chi connectivity index (χ4v) is 3.21. The summed E-state index contributed by atoms with van der Waals surface area (Å²) >= 11 is 0. The van der Waals surface area contributed by atoms with Crippen LogP contribution in [0.3, 0.4) is 0 Å². The fourth-order valence-electron chi connectivity index (χ4n) is 2.66. The van der Waals surface area contributed by atoms with Gasteiger partial charge in [0.25, 0.3) is 0 Å². The van der Waals surface area contributed by atoms with E-state index in [1.165, 1.54) is 0 Å². The highest BCUT2D eigenvalue weighted by atomic mass is 31.1. The number of hydrogen-bond acceptors (Lipinski definition) is 5. The maximum atomic E-state index is 11.3. The van der Waals surface area contributed by atoms with Crippen molar-refractivity contribution in [1.82, 2.24) is 4.90 Å². The number of aliphatic hydroxyl groups excluding tert-OH is 2. The molecule has 0 spiro atoms. The smallest absolute Gasteiger partial charge is 0.395 e. The van der Waals surface area contributed by atoms with E-state index < -0.39 is 14.0 Å². The van der Waals surface area contributed by atoms with Gasteiger partial charge in [0.15, 0.2) is 5.72 Å². The predicted molar refractivity (Wildman–Crippen MR) is 78.3 cm³/mol. The van der Waals surface area contributed by atoms with E-state index >= 15 is 0 Å². The molecule has 0 aromatic heterocycles. The summed E-state index contributed by atoms with van der Waals surface area (Å²) in [5.74, 6) is 0.507. The van der Waals surface area contributed by atoms with E-state index in [1.54, 1.807) is 4.90 Å². The summed E-state index contributed by atoms with van der Waals surface area (Å²) in [5.41, 5.74) is -0.935. The SMILES string of the molecule is CC(C)CC(CC(C)C)(O[P+](=O)O)N(CCO)CCO. The van der Waals surface area contributed by atoms with Crippen LogP contribution < -0.4 is 0 Å². The normalized spacial score (nSPS) is 13.6. The van der Waals surface area contributed by atoms with Crippen molar-refractivity contribution in [2.45, 2.75) is 46.3 Å². The lowest BCUT2D eigenvalue weighted by atomic mass is 9.90. The molecule has 20 heavy (non-hydrogen) atoms. The zero-order valence-corrected chi connectivity index (χ0v) is 13.8. The Balaban J connectivity index is 5.43. The van der Waals surface area contributed by atoms with Crippen molar-refractivity contribution in [3.05, 3.63) is 0 Å². The molecule has 0 aliphatic heterocycles. The minimum absolute atomic E-state index is 0.0937. The van der Waals surface area contributed by atoms with Gasteiger partial charge in [-0.15, -0.1) is 4.89 Å². The van der Waals surface area contributed by atoms with E-state index in [2.05, 4.69) is 0 Å². The number of hydrogen-bond donors (Lipinski definition) is 3. The average Bonchev–Trinajstić information content (AvgIpc) is 2.25. The van der Waals surface area contributed by atoms with Crippen LogP contribution in [0, 0.1) is 11.8 Å². The lowest BCUT2D eigenvalue weighted by Gasteiger charge is -2.40. The van der Waals surface area contributed by atoms with Gasteiger partial charge in [-0.3, -0.25) is 4.90 Å². The van der Waals surface area contributed by atoms with Crippen molar-refractivity contribution >= 4 is 8.25 Å². The minimum atomic E-state index is -2.76. The van der Waals surface area contributed by atoms with Gasteiger partial charge in [0.2, 0.25) is 0 Å². The molecule has 0 fully saturated rings. The highest BCUT2D eigenvalue weighted by Crippen LogP contribution is 2.39. The monoisotopic (exact) mass is 310 g/mol. The summed E-state index contributed by atoms with van der Waals surface area (Å²) in [6, 6.07) is 0. The quantitative estimate of drug-likeness (QED) is 0.398. The van der Waals surface area contributed by atoms with Gasteiger partial charge in [-0.2, -0.15) is 0 Å². The predicted octanol–water partition coefficient (Wildman–Crippen LogP) is 1.73. The van der Waals surface area contributed by atoms with Crippen molar-refractivity contribution in [3.63, 3.8) is 0 Å². The standard InChI is InChI=1S/C13H28NO5P/c1-11(2)9-13(10-12(3)4,19-20(17)18)14(5-7-15)6-8-16/h11-12,15-16H,5-10H2,1-4H3/p+1. The molecule has 0 saturated heterocycles. The molecule has 0 aromatic rings. The van der Waals surface area contributed by atoms with Crippen LogP contribution in [0.25, 0.3) is 0 Å². The summed E-state index contributed by atoms with van der Waals surface area (Å²) in [4.78, 5) is 11.0. The van der Waals surface area contributed by atoms with Gasteiger partial charge in [-0.1, -0.05) is 32.2 Å². The first-order valence-electron chi connectivity index (χ1n) is 7.09. The number of nitrogens with zero attached hydrogens (tertiary/aromatic N) is 1. The van der Waals surface area contributed by atoms with Crippen LogP contribution in [0.5, 0.6) is 0 Å². The van der Waals surface area contributed by atoms with Gasteiger partial charge in [-0.25, -0.2) is 0 Å². The van der Waals surface area contributed by atoms with E-state index in [4.69, 9.17) is 4.52 Å². The second-order valence-electron chi connectivity index (χ2n) is 5.91. The third kappa shape index (κ3) is 7.07. The first-order valence-corrected chi connectivity index (χ1v) is 8.22. The molecule has 7 heteroatoms. The van der Waals surface area contributed by atoms with Crippen LogP contribution in [0.15, 0.2) is 0 Å². The zero-order valence-electron chi connectivity index (χ0n) is 12.9. The topological polar surface area (TPSA) is 90.2 Å². The van der Waals surface area contributed by atoms with Crippen molar-refractivity contribution < 1.29 is 24.2 Å². The molecule has 0 aromatic carbocycles. The second kappa shape index (κ2) is 9.77. The largest absolute Gasteiger partial charge is 0.696 e. The first-order chi connectivity index (χ1) is 9.27. The van der Waals surface area contributed by atoms with Crippen molar-refractivity contribution in [2.24, 2.45) is 11.8 Å². The number of rotatable bonds is 11. The van der Waals surface area contributed by atoms with Gasteiger partial charge in [0.1, 0.15) is 0 Å². The Labute approximate surface area is 122 Å². The molecule has 0 saturated carbocycles. The fraction of sp³-hybridized carbons (Fsp3) is 1.00. The van der Waals surface area contributed by atoms with Crippen molar-refractivity contribution in [1.29, 1.82) is 0 Å². The van der Waals surface area contributed by atoms with E-state index in [1.807, 2.05) is 27.7 Å². The zero-order chi connectivity index (χ0) is 15.8. The van der Waals surface area contributed by atoms with Crippen LogP contribution in [0.4, 0.5) is 0 Å². The molecule has 0 amide bonds. The number of aliphatic hydroxyl groups is 2. The highest BCUT2D eigenvalue weighted by Gasteiger charge is 2.46. The molecule has 120 valence electrons. The van der Waals surface area contributed by atoms with Crippen molar-refractivity contribution in [3.8, 4) is 0 Å². The van der Waals surface area contributed by atoms with Gasteiger partial charge >= 0.3 is 8.25 Å². The third-order valence-electron chi connectivity index (χ3n) is 3.02. The molecule has 1 atom stereocenters. The molecule has 0 radical (unpaired) electrons. The highest BCUT2D eigenvalue weighted by molar-refractivity contribution is 7.32. The second-order valence-corrected chi connectivity index (χ2v) is 6.56. The maximum absolute atomic E-state index is 11.3. The van der Waals surface area contributed by atoms with E-state index in [9.17, 15) is 19.7 Å². The Morgan fingerprint density at radius 1 is 1.05 bits per heavy atom. The molecule has 1 unspecified atom stereocenters. The van der Waals surface area contributed by atoms with Crippen molar-refractivity contribution in [2.75, 3.05) is 26.3 Å². The van der Waals surface area contributed by atoms with Gasteiger partial charge in [0.05, 0.1) is 13.2 Å². The lowest BCUT2D eigenvalue weighted by molar-refractivity contribution is -0.121. The molecule has 3 N–H and O–H groups in total. The van der Waals surface area contributed by atoms with E-state index in [-0.39, 0.29) is 25.0 Å². The molecule has 0 aliphatic rings. The van der Waals surface area contributed by atoms with Crippen LogP contribution in [0.2, 0.25) is 0 Å². The van der Waals surface area contributed by atoms with E-state index in [0.717, 1.165) is 0 Å². The first kappa shape index (κ1) is 19.9. The Bertz CT molecular complexity index is 270. The lowest BCUT2D eigenvalue weighted by Crippen LogP contribution is -2.53. The summed E-state index contributed by atoms with van der Waals surface area (Å²) in [5, 5.41) is 18.4. The molecule has 6 nitrogen and oxygen atoms in total. The Morgan fingerprint density at radius 3 is 1.70 bits per heavy atom. The Hall–Kier alpha value is -0.100. The van der Waals surface area contributed by atoms with Gasteiger partial charge < -0.3 is 10.2 Å². The molecule has 0 bridgehead atoms. The maximum Gasteiger partial charge on any atom is 0.696 e. The molecule has 0 aliphatic carbocycles. The minimum Gasteiger partial charge on any atom is -0.395 e. The summed E-state index contributed by atoms with van der Waals surface area (Å²) in [6.07, 6.45) is 1.12. The molecular weight excluding hydrogens is 281 g/mol. The van der Waals surface area contributed by atoms with Crippen LogP contribution >= 0.6 is 8.25 Å². The van der Waals surface area contributed by atoms with Crippen LogP contribution in [0.1, 0.15) is 40.5 Å². The molecule has 0 rings (SSSR count). The van der Waals surface area contributed by atoms with Gasteiger partial charge in [0, 0.05) is 17.7 Å². The summed E-state index contributed by atoms with van der Waals surface area (Å²) in [6.45, 7) is 8.45. The Morgan fingerprint density at radius 2 is 1.45 bits per heavy atom. The van der Waals surface area contributed by atoms with Crippen LogP contribution in [-0.2, 0) is 9.09 Å². The molecular formula is C13H29NO5P+. The average molecular weight is 310 g/mol. The van der Waals surface area contributed by atoms with E-state index in [0.29, 0.717) is 25.9 Å². The third-order valence-corrected chi connectivity index (χ3v) is 3.51. The summed E-state index contributed by atoms with van der Waals surface area (Å²) < 4.78 is 16.7. The van der Waals surface area contributed by atoms with Crippen LogP contribution in [-0.4, -0.2) is 52.0 Å². The molecule has 0 heterocycles. The Kier molecular flexibility index (Phi) is 9.72. The summed E-state index contributed by atoms with van der Waals surface area (Å²) in [7, 11) is -2.76.